The van der Waals surface area contributed by atoms with Gasteiger partial charge in [-0.05, 0) is 30.7 Å². The van der Waals surface area contributed by atoms with E-state index in [0.29, 0.717) is 29.9 Å². The van der Waals surface area contributed by atoms with Crippen LogP contribution in [0.2, 0.25) is 0 Å². The van der Waals surface area contributed by atoms with Crippen LogP contribution in [0.25, 0.3) is 0 Å². The fourth-order valence-corrected chi connectivity index (χ4v) is 2.59. The van der Waals surface area contributed by atoms with Gasteiger partial charge in [0.1, 0.15) is 0 Å². The standard InChI is InChI=1S/C14H12O3/c15-13-11-7-6-10(8-12(11)14(16)17-13)9-4-2-1-3-5-9/h1-5,10H,6-8H2. The van der Waals surface area contributed by atoms with E-state index in [9.17, 15) is 9.59 Å². The van der Waals surface area contributed by atoms with Gasteiger partial charge in [-0.15, -0.1) is 0 Å². The van der Waals surface area contributed by atoms with E-state index in [1.807, 2.05) is 18.2 Å². The van der Waals surface area contributed by atoms with Crippen molar-refractivity contribution in [3.63, 3.8) is 0 Å². The van der Waals surface area contributed by atoms with E-state index in [2.05, 4.69) is 16.9 Å². The van der Waals surface area contributed by atoms with Gasteiger partial charge in [0.15, 0.2) is 0 Å². The molecule has 1 aromatic rings. The van der Waals surface area contributed by atoms with Crippen LogP contribution in [0.4, 0.5) is 0 Å². The van der Waals surface area contributed by atoms with Crippen molar-refractivity contribution in [2.24, 2.45) is 0 Å². The van der Waals surface area contributed by atoms with Crippen molar-refractivity contribution in [3.8, 4) is 0 Å². The molecule has 0 amide bonds. The molecular formula is C14H12O3. The highest BCUT2D eigenvalue weighted by molar-refractivity contribution is 6.12. The molecule has 1 heterocycles. The second-order valence-electron chi connectivity index (χ2n) is 4.48. The van der Waals surface area contributed by atoms with Crippen LogP contribution in [0.5, 0.6) is 0 Å². The molecule has 0 saturated carbocycles. The third-order valence-electron chi connectivity index (χ3n) is 3.51. The van der Waals surface area contributed by atoms with E-state index < -0.39 is 11.9 Å². The first-order valence-corrected chi connectivity index (χ1v) is 5.79. The van der Waals surface area contributed by atoms with Gasteiger partial charge in [0.25, 0.3) is 0 Å². The number of carbonyl (C=O) groups excluding carboxylic acids is 2. The van der Waals surface area contributed by atoms with Gasteiger partial charge in [-0.1, -0.05) is 30.3 Å². The third-order valence-corrected chi connectivity index (χ3v) is 3.51. The molecular weight excluding hydrogens is 216 g/mol. The largest absolute Gasteiger partial charge is 0.386 e. The summed E-state index contributed by atoms with van der Waals surface area (Å²) >= 11 is 0. The average molecular weight is 228 g/mol. The van der Waals surface area contributed by atoms with Gasteiger partial charge in [-0.2, -0.15) is 0 Å². The molecule has 1 aromatic carbocycles. The highest BCUT2D eigenvalue weighted by atomic mass is 16.6. The molecule has 0 radical (unpaired) electrons. The van der Waals surface area contributed by atoms with Crippen molar-refractivity contribution in [2.45, 2.75) is 25.2 Å². The predicted octanol–water partition coefficient (Wildman–Crippen LogP) is 2.33. The number of rotatable bonds is 1. The number of hydrogen-bond acceptors (Lipinski definition) is 3. The molecule has 3 heteroatoms. The van der Waals surface area contributed by atoms with Crippen LogP contribution < -0.4 is 0 Å². The molecule has 0 spiro atoms. The van der Waals surface area contributed by atoms with Crippen LogP contribution in [0.1, 0.15) is 30.7 Å². The molecule has 1 aliphatic heterocycles. The Morgan fingerprint density at radius 3 is 2.47 bits per heavy atom. The monoisotopic (exact) mass is 228 g/mol. The van der Waals surface area contributed by atoms with Crippen molar-refractivity contribution in [1.82, 2.24) is 0 Å². The minimum atomic E-state index is -0.439. The lowest BCUT2D eigenvalue weighted by atomic mass is 9.81. The second kappa shape index (κ2) is 3.84. The van der Waals surface area contributed by atoms with Gasteiger partial charge in [0.05, 0.1) is 0 Å². The molecule has 3 nitrogen and oxygen atoms in total. The number of esters is 2. The Morgan fingerprint density at radius 2 is 1.71 bits per heavy atom. The van der Waals surface area contributed by atoms with Crippen LogP contribution >= 0.6 is 0 Å². The number of cyclic esters (lactones) is 2. The summed E-state index contributed by atoms with van der Waals surface area (Å²) in [7, 11) is 0. The van der Waals surface area contributed by atoms with E-state index in [1.165, 1.54) is 5.56 Å². The quantitative estimate of drug-likeness (QED) is 0.547. The topological polar surface area (TPSA) is 43.4 Å². The third kappa shape index (κ3) is 1.68. The SMILES string of the molecule is O=C1OC(=O)C2=C1CCC(c1ccccc1)C2. The highest BCUT2D eigenvalue weighted by Gasteiger charge is 2.37. The van der Waals surface area contributed by atoms with Gasteiger partial charge >= 0.3 is 11.9 Å². The first kappa shape index (κ1) is 10.3. The Hall–Kier alpha value is -1.90. The summed E-state index contributed by atoms with van der Waals surface area (Å²) in [5.74, 6) is -0.546. The maximum absolute atomic E-state index is 11.5. The first-order valence-electron chi connectivity index (χ1n) is 5.79. The Balaban J connectivity index is 1.89. The Bertz CT molecular complexity index is 514. The lowest BCUT2D eigenvalue weighted by Gasteiger charge is -2.21. The lowest BCUT2D eigenvalue weighted by Crippen LogP contribution is -2.11. The summed E-state index contributed by atoms with van der Waals surface area (Å²) in [6.45, 7) is 0. The van der Waals surface area contributed by atoms with E-state index >= 15 is 0 Å². The molecule has 1 aliphatic carbocycles. The normalized spacial score (nSPS) is 23.6. The summed E-state index contributed by atoms with van der Waals surface area (Å²) in [4.78, 5) is 22.9. The fourth-order valence-electron chi connectivity index (χ4n) is 2.59. The second-order valence-corrected chi connectivity index (χ2v) is 4.48. The average Bonchev–Trinajstić information content (AvgIpc) is 2.66. The van der Waals surface area contributed by atoms with E-state index in [4.69, 9.17) is 0 Å². The Kier molecular flexibility index (Phi) is 2.32. The van der Waals surface area contributed by atoms with Crippen LogP contribution in [0.15, 0.2) is 41.5 Å². The molecule has 0 saturated heterocycles. The maximum atomic E-state index is 11.5. The Morgan fingerprint density at radius 1 is 1.00 bits per heavy atom. The maximum Gasteiger partial charge on any atom is 0.342 e. The van der Waals surface area contributed by atoms with Gasteiger partial charge < -0.3 is 4.74 Å². The molecule has 3 rings (SSSR count). The van der Waals surface area contributed by atoms with Gasteiger partial charge in [-0.25, -0.2) is 9.59 Å². The zero-order valence-electron chi connectivity index (χ0n) is 9.31. The van der Waals surface area contributed by atoms with E-state index in [-0.39, 0.29) is 0 Å². The molecule has 1 unspecified atom stereocenters. The minimum absolute atomic E-state index is 0.327. The number of ether oxygens (including phenoxy) is 1. The molecule has 86 valence electrons. The smallest absolute Gasteiger partial charge is 0.342 e. The van der Waals surface area contributed by atoms with Gasteiger partial charge in [-0.3, -0.25) is 0 Å². The molecule has 1 atom stereocenters. The van der Waals surface area contributed by atoms with Crippen LogP contribution in [-0.4, -0.2) is 11.9 Å². The van der Waals surface area contributed by atoms with Gasteiger partial charge in [0, 0.05) is 11.1 Å². The zero-order valence-corrected chi connectivity index (χ0v) is 9.31. The van der Waals surface area contributed by atoms with Crippen molar-refractivity contribution in [3.05, 3.63) is 47.0 Å². The summed E-state index contributed by atoms with van der Waals surface area (Å²) in [5, 5.41) is 0. The van der Waals surface area contributed by atoms with Crippen molar-refractivity contribution in [1.29, 1.82) is 0 Å². The number of hydrogen-bond donors (Lipinski definition) is 0. The summed E-state index contributed by atoms with van der Waals surface area (Å²) in [5.41, 5.74) is 2.42. The van der Waals surface area contributed by atoms with Crippen molar-refractivity contribution < 1.29 is 14.3 Å². The summed E-state index contributed by atoms with van der Waals surface area (Å²) in [6, 6.07) is 10.1. The molecule has 2 aliphatic rings. The summed E-state index contributed by atoms with van der Waals surface area (Å²) in [6.07, 6.45) is 2.19. The first-order chi connectivity index (χ1) is 8.25. The molecule has 0 bridgehead atoms. The van der Waals surface area contributed by atoms with Crippen molar-refractivity contribution >= 4 is 11.9 Å². The minimum Gasteiger partial charge on any atom is -0.386 e. The molecule has 0 fully saturated rings. The van der Waals surface area contributed by atoms with Crippen LogP contribution in [0, 0.1) is 0 Å². The lowest BCUT2D eigenvalue weighted by molar-refractivity contribution is -0.151. The van der Waals surface area contributed by atoms with Crippen LogP contribution in [-0.2, 0) is 14.3 Å². The zero-order chi connectivity index (χ0) is 11.8. The van der Waals surface area contributed by atoms with E-state index in [1.54, 1.807) is 0 Å². The predicted molar refractivity (Wildman–Crippen MR) is 61.2 cm³/mol. The van der Waals surface area contributed by atoms with E-state index in [0.717, 1.165) is 6.42 Å². The van der Waals surface area contributed by atoms with Crippen molar-refractivity contribution in [2.75, 3.05) is 0 Å². The van der Waals surface area contributed by atoms with Gasteiger partial charge in [0.2, 0.25) is 0 Å². The van der Waals surface area contributed by atoms with Crippen LogP contribution in [0.3, 0.4) is 0 Å². The molecule has 17 heavy (non-hydrogen) atoms. The fraction of sp³-hybridized carbons (Fsp3) is 0.286. The summed E-state index contributed by atoms with van der Waals surface area (Å²) < 4.78 is 4.64. The molecule has 0 N–H and O–H groups in total. The Labute approximate surface area is 99.1 Å². The number of carbonyl (C=O) groups is 2. The number of benzene rings is 1. The molecule has 0 aromatic heterocycles. The highest BCUT2D eigenvalue weighted by Crippen LogP contribution is 2.39.